The van der Waals surface area contributed by atoms with Crippen molar-refractivity contribution in [3.63, 3.8) is 0 Å². The van der Waals surface area contributed by atoms with Crippen LogP contribution in [0.1, 0.15) is 10.4 Å². The Hall–Kier alpha value is -1.94. The fourth-order valence-electron chi connectivity index (χ4n) is 3.22. The van der Waals surface area contributed by atoms with Crippen LogP contribution in [0.25, 0.3) is 0 Å². The minimum atomic E-state index is 0.128. The highest BCUT2D eigenvalue weighted by Gasteiger charge is 2.22. The number of tetrazole rings is 1. The van der Waals surface area contributed by atoms with Crippen molar-refractivity contribution in [1.82, 2.24) is 30.0 Å². The number of hydrogen-bond donors (Lipinski definition) is 0. The number of aromatic nitrogens is 4. The molecule has 7 nitrogen and oxygen atoms in total. The first-order valence-corrected chi connectivity index (χ1v) is 11.6. The molecule has 3 heterocycles. The molecular weight excluding hydrogens is 428 g/mol. The molecule has 0 atom stereocenters. The van der Waals surface area contributed by atoms with Crippen LogP contribution >= 0.6 is 34.7 Å². The second-order valence-corrected chi connectivity index (χ2v) is 9.19. The van der Waals surface area contributed by atoms with Crippen molar-refractivity contribution in [3.05, 3.63) is 57.2 Å². The Kier molecular flexibility index (Phi) is 6.81. The topological polar surface area (TPSA) is 67.2 Å². The van der Waals surface area contributed by atoms with Gasteiger partial charge in [0.1, 0.15) is 0 Å². The van der Waals surface area contributed by atoms with Crippen LogP contribution < -0.4 is 0 Å². The van der Waals surface area contributed by atoms with Crippen molar-refractivity contribution in [2.75, 3.05) is 31.9 Å². The van der Waals surface area contributed by atoms with Crippen LogP contribution in [0.5, 0.6) is 0 Å². The second kappa shape index (κ2) is 9.71. The smallest absolute Gasteiger partial charge is 0.233 e. The summed E-state index contributed by atoms with van der Waals surface area (Å²) < 4.78 is 1.74. The molecule has 152 valence electrons. The van der Waals surface area contributed by atoms with E-state index in [0.717, 1.165) is 37.7 Å². The van der Waals surface area contributed by atoms with Gasteiger partial charge < -0.3 is 4.90 Å². The van der Waals surface area contributed by atoms with Crippen molar-refractivity contribution in [3.8, 4) is 0 Å². The van der Waals surface area contributed by atoms with Gasteiger partial charge in [-0.2, -0.15) is 0 Å². The quantitative estimate of drug-likeness (QED) is 0.518. The van der Waals surface area contributed by atoms with E-state index in [-0.39, 0.29) is 5.91 Å². The van der Waals surface area contributed by atoms with Crippen LogP contribution in [0.15, 0.2) is 46.9 Å². The van der Waals surface area contributed by atoms with E-state index < -0.39 is 0 Å². The molecule has 0 saturated carbocycles. The van der Waals surface area contributed by atoms with Gasteiger partial charge in [0.25, 0.3) is 0 Å². The summed E-state index contributed by atoms with van der Waals surface area (Å²) in [4.78, 5) is 18.1. The number of thioether (sulfide) groups is 1. The van der Waals surface area contributed by atoms with Gasteiger partial charge in [0.2, 0.25) is 11.1 Å². The summed E-state index contributed by atoms with van der Waals surface area (Å²) in [5.41, 5.74) is 1.20. The van der Waals surface area contributed by atoms with Gasteiger partial charge in [-0.25, -0.2) is 4.68 Å². The molecule has 0 unspecified atom stereocenters. The van der Waals surface area contributed by atoms with E-state index in [2.05, 4.69) is 32.6 Å². The minimum Gasteiger partial charge on any atom is -0.339 e. The Morgan fingerprint density at radius 3 is 2.76 bits per heavy atom. The van der Waals surface area contributed by atoms with E-state index in [1.54, 1.807) is 16.0 Å². The largest absolute Gasteiger partial charge is 0.339 e. The molecule has 0 bridgehead atoms. The number of piperazine rings is 1. The van der Waals surface area contributed by atoms with Gasteiger partial charge in [0, 0.05) is 42.6 Å². The molecule has 3 aromatic rings. The van der Waals surface area contributed by atoms with Gasteiger partial charge in [-0.1, -0.05) is 41.6 Å². The highest BCUT2D eigenvalue weighted by molar-refractivity contribution is 7.99. The number of thiophene rings is 1. The van der Waals surface area contributed by atoms with Gasteiger partial charge >= 0.3 is 0 Å². The van der Waals surface area contributed by atoms with Crippen LogP contribution in [0.2, 0.25) is 5.02 Å². The number of rotatable bonds is 7. The Bertz CT molecular complexity index is 940. The average molecular weight is 449 g/mol. The van der Waals surface area contributed by atoms with Crippen LogP contribution in [-0.2, 0) is 17.9 Å². The zero-order valence-corrected chi connectivity index (χ0v) is 18.2. The number of carbonyl (C=O) groups is 1. The highest BCUT2D eigenvalue weighted by Crippen LogP contribution is 2.19. The van der Waals surface area contributed by atoms with Gasteiger partial charge in [-0.3, -0.25) is 9.69 Å². The number of halogens is 1. The van der Waals surface area contributed by atoms with Gasteiger partial charge in [-0.15, -0.1) is 16.4 Å². The molecule has 0 N–H and O–H groups in total. The Labute approximate surface area is 182 Å². The summed E-state index contributed by atoms with van der Waals surface area (Å²) in [6, 6.07) is 12.0. The first-order valence-electron chi connectivity index (χ1n) is 9.33. The Morgan fingerprint density at radius 2 is 2.00 bits per heavy atom. The van der Waals surface area contributed by atoms with E-state index in [9.17, 15) is 4.79 Å². The van der Waals surface area contributed by atoms with Crippen LogP contribution in [-0.4, -0.2) is 67.8 Å². The highest BCUT2D eigenvalue weighted by atomic mass is 35.5. The number of benzene rings is 1. The fourth-order valence-corrected chi connectivity index (χ4v) is 4.89. The SMILES string of the molecule is O=C(CSc1nnnn1Cc1cccs1)N1CCN(Cc2cccc(Cl)c2)CC1. The molecule has 1 aliphatic heterocycles. The van der Waals surface area contributed by atoms with Crippen molar-refractivity contribution in [2.24, 2.45) is 0 Å². The van der Waals surface area contributed by atoms with Gasteiger partial charge in [0.15, 0.2) is 0 Å². The molecule has 1 aliphatic rings. The summed E-state index contributed by atoms with van der Waals surface area (Å²) in [5, 5.41) is 15.3. The normalized spacial score (nSPS) is 15.0. The molecule has 1 saturated heterocycles. The molecule has 10 heteroatoms. The van der Waals surface area contributed by atoms with Crippen molar-refractivity contribution in [2.45, 2.75) is 18.2 Å². The summed E-state index contributed by atoms with van der Waals surface area (Å²) in [6.07, 6.45) is 0. The van der Waals surface area contributed by atoms with Crippen molar-refractivity contribution in [1.29, 1.82) is 0 Å². The average Bonchev–Trinajstić information content (AvgIpc) is 3.39. The summed E-state index contributed by atoms with van der Waals surface area (Å²) in [7, 11) is 0. The maximum atomic E-state index is 12.6. The van der Waals surface area contributed by atoms with Crippen molar-refractivity contribution >= 4 is 40.6 Å². The molecule has 0 radical (unpaired) electrons. The molecule has 1 amide bonds. The zero-order chi connectivity index (χ0) is 20.1. The summed E-state index contributed by atoms with van der Waals surface area (Å²) in [5.74, 6) is 0.474. The first-order chi connectivity index (χ1) is 14.2. The molecule has 2 aromatic heterocycles. The van der Waals surface area contributed by atoms with E-state index in [1.807, 2.05) is 34.5 Å². The van der Waals surface area contributed by atoms with E-state index in [0.29, 0.717) is 17.5 Å². The molecule has 0 aliphatic carbocycles. The summed E-state index contributed by atoms with van der Waals surface area (Å²) in [6.45, 7) is 4.68. The summed E-state index contributed by atoms with van der Waals surface area (Å²) >= 11 is 9.13. The fraction of sp³-hybridized carbons (Fsp3) is 0.368. The molecule has 1 fully saturated rings. The molecule has 0 spiro atoms. The standard InChI is InChI=1S/C19H21ClN6OS2/c20-16-4-1-3-15(11-16)12-24-6-8-25(9-7-24)18(27)14-29-19-21-22-23-26(19)13-17-5-2-10-28-17/h1-5,10-11H,6-9,12-14H2. The lowest BCUT2D eigenvalue weighted by atomic mass is 10.2. The number of nitrogens with zero attached hydrogens (tertiary/aromatic N) is 6. The maximum Gasteiger partial charge on any atom is 0.233 e. The number of hydrogen-bond acceptors (Lipinski definition) is 7. The van der Waals surface area contributed by atoms with E-state index in [1.165, 1.54) is 22.2 Å². The molecule has 29 heavy (non-hydrogen) atoms. The van der Waals surface area contributed by atoms with Crippen LogP contribution in [0.4, 0.5) is 0 Å². The lowest BCUT2D eigenvalue weighted by Gasteiger charge is -2.34. The number of amides is 1. The van der Waals surface area contributed by atoms with Gasteiger partial charge in [0.05, 0.1) is 12.3 Å². The third-order valence-electron chi connectivity index (χ3n) is 4.73. The molecule has 1 aromatic carbocycles. The predicted molar refractivity (Wildman–Crippen MR) is 115 cm³/mol. The van der Waals surface area contributed by atoms with E-state index in [4.69, 9.17) is 11.6 Å². The molecule has 4 rings (SSSR count). The lowest BCUT2D eigenvalue weighted by molar-refractivity contribution is -0.130. The Morgan fingerprint density at radius 1 is 1.14 bits per heavy atom. The monoisotopic (exact) mass is 448 g/mol. The van der Waals surface area contributed by atoms with E-state index >= 15 is 0 Å². The maximum absolute atomic E-state index is 12.6. The lowest BCUT2D eigenvalue weighted by Crippen LogP contribution is -2.48. The van der Waals surface area contributed by atoms with Crippen LogP contribution in [0, 0.1) is 0 Å². The predicted octanol–water partition coefficient (Wildman–Crippen LogP) is 2.87. The Balaban J connectivity index is 1.24. The van der Waals surface area contributed by atoms with Crippen molar-refractivity contribution < 1.29 is 4.79 Å². The van der Waals surface area contributed by atoms with Gasteiger partial charge in [-0.05, 0) is 39.6 Å². The minimum absolute atomic E-state index is 0.128. The number of carbonyl (C=O) groups excluding carboxylic acids is 1. The third-order valence-corrected chi connectivity index (χ3v) is 6.77. The first kappa shape index (κ1) is 20.3. The second-order valence-electron chi connectivity index (χ2n) is 6.77. The molecular formula is C19H21ClN6OS2. The van der Waals surface area contributed by atoms with Crippen LogP contribution in [0.3, 0.4) is 0 Å². The zero-order valence-electron chi connectivity index (χ0n) is 15.8. The third kappa shape index (κ3) is 5.57.